The van der Waals surface area contributed by atoms with Gasteiger partial charge >= 0.3 is 0 Å². The van der Waals surface area contributed by atoms with Crippen molar-refractivity contribution in [1.29, 1.82) is 0 Å². The van der Waals surface area contributed by atoms with Gasteiger partial charge in [0.25, 0.3) is 5.91 Å². The van der Waals surface area contributed by atoms with Crippen LogP contribution < -0.4 is 11.1 Å². The number of nitrogens with one attached hydrogen (secondary N) is 1. The van der Waals surface area contributed by atoms with E-state index in [1.54, 1.807) is 11.8 Å². The van der Waals surface area contributed by atoms with Crippen LogP contribution in [-0.4, -0.2) is 17.6 Å². The molecular weight excluding hydrogens is 376 g/mol. The summed E-state index contributed by atoms with van der Waals surface area (Å²) in [6, 6.07) is 7.53. The molecule has 0 aliphatic heterocycles. The Kier molecular flexibility index (Phi) is 6.04. The van der Waals surface area contributed by atoms with Crippen LogP contribution in [-0.2, 0) is 17.6 Å². The molecule has 25 heavy (non-hydrogen) atoms. The van der Waals surface area contributed by atoms with Crippen molar-refractivity contribution in [2.24, 2.45) is 5.73 Å². The van der Waals surface area contributed by atoms with E-state index in [2.05, 4.69) is 5.32 Å². The van der Waals surface area contributed by atoms with Crippen molar-refractivity contribution in [2.75, 3.05) is 11.1 Å². The topological polar surface area (TPSA) is 72.2 Å². The molecule has 0 atom stereocenters. The summed E-state index contributed by atoms with van der Waals surface area (Å²) >= 11 is 8.95. The maximum atomic E-state index is 12.3. The number of thioether (sulfide) groups is 1. The predicted molar refractivity (Wildman–Crippen MR) is 105 cm³/mol. The fourth-order valence-electron chi connectivity index (χ4n) is 2.90. The Morgan fingerprint density at radius 3 is 2.64 bits per heavy atom. The fourth-order valence-corrected chi connectivity index (χ4v) is 5.18. The Bertz CT molecular complexity index is 787. The third-order valence-corrected chi connectivity index (χ3v) is 6.56. The molecule has 1 aliphatic rings. The van der Waals surface area contributed by atoms with E-state index in [4.69, 9.17) is 17.3 Å². The first-order valence-corrected chi connectivity index (χ1v) is 10.3. The first-order valence-electron chi connectivity index (χ1n) is 8.17. The molecule has 0 fully saturated rings. The minimum atomic E-state index is -0.453. The molecule has 0 bridgehead atoms. The molecule has 1 heterocycles. The van der Waals surface area contributed by atoms with Gasteiger partial charge in [-0.3, -0.25) is 9.59 Å². The molecule has 0 unspecified atom stereocenters. The molecule has 132 valence electrons. The van der Waals surface area contributed by atoms with Crippen molar-refractivity contribution in [3.8, 4) is 0 Å². The number of anilines is 1. The van der Waals surface area contributed by atoms with Crippen molar-refractivity contribution in [3.63, 3.8) is 0 Å². The van der Waals surface area contributed by atoms with Gasteiger partial charge in [0.15, 0.2) is 0 Å². The first-order chi connectivity index (χ1) is 12.0. The van der Waals surface area contributed by atoms with Crippen molar-refractivity contribution in [1.82, 2.24) is 0 Å². The van der Waals surface area contributed by atoms with E-state index in [0.29, 0.717) is 27.8 Å². The number of hydrogen-bond donors (Lipinski definition) is 2. The van der Waals surface area contributed by atoms with Crippen LogP contribution in [0, 0.1) is 0 Å². The number of hydrogen-bond acceptors (Lipinski definition) is 4. The monoisotopic (exact) mass is 394 g/mol. The lowest BCUT2D eigenvalue weighted by Gasteiger charge is -2.11. The number of aryl methyl sites for hydroxylation is 1. The molecule has 3 N–H and O–H groups in total. The van der Waals surface area contributed by atoms with Gasteiger partial charge in [-0.05, 0) is 55.5 Å². The van der Waals surface area contributed by atoms with Crippen LogP contribution in [0.3, 0.4) is 0 Å². The summed E-state index contributed by atoms with van der Waals surface area (Å²) in [5.74, 6) is 0.109. The summed E-state index contributed by atoms with van der Waals surface area (Å²) in [6.07, 6.45) is 4.38. The molecule has 4 nitrogen and oxygen atoms in total. The van der Waals surface area contributed by atoms with Crippen LogP contribution in [0.25, 0.3) is 0 Å². The lowest BCUT2D eigenvalue weighted by atomic mass is 9.95. The lowest BCUT2D eigenvalue weighted by Crippen LogP contribution is -2.18. The molecule has 2 aromatic rings. The van der Waals surface area contributed by atoms with E-state index < -0.39 is 5.91 Å². The second kappa shape index (κ2) is 8.25. The third kappa shape index (κ3) is 4.57. The van der Waals surface area contributed by atoms with Gasteiger partial charge in [-0.15, -0.1) is 23.1 Å². The van der Waals surface area contributed by atoms with Crippen LogP contribution in [0.2, 0.25) is 5.02 Å². The van der Waals surface area contributed by atoms with E-state index in [9.17, 15) is 9.59 Å². The molecular formula is C18H19ClN2O2S2. The number of rotatable bonds is 6. The number of primary amides is 1. The number of benzene rings is 1. The van der Waals surface area contributed by atoms with Gasteiger partial charge in [-0.25, -0.2) is 0 Å². The molecule has 0 spiro atoms. The fraction of sp³-hybridized carbons (Fsp3) is 0.333. The minimum Gasteiger partial charge on any atom is -0.365 e. The van der Waals surface area contributed by atoms with E-state index in [0.717, 1.165) is 36.1 Å². The average Bonchev–Trinajstić information content (AvgIpc) is 2.94. The maximum absolute atomic E-state index is 12.3. The van der Waals surface area contributed by atoms with Gasteiger partial charge < -0.3 is 11.1 Å². The maximum Gasteiger partial charge on any atom is 0.251 e. The van der Waals surface area contributed by atoms with Gasteiger partial charge in [-0.2, -0.15) is 0 Å². The summed E-state index contributed by atoms with van der Waals surface area (Å²) in [7, 11) is 0. The van der Waals surface area contributed by atoms with E-state index in [-0.39, 0.29) is 5.91 Å². The summed E-state index contributed by atoms with van der Waals surface area (Å²) in [5, 5.41) is 4.20. The largest absolute Gasteiger partial charge is 0.365 e. The zero-order valence-electron chi connectivity index (χ0n) is 13.6. The van der Waals surface area contributed by atoms with Gasteiger partial charge in [0.1, 0.15) is 5.00 Å². The summed E-state index contributed by atoms with van der Waals surface area (Å²) < 4.78 is 0. The molecule has 0 saturated heterocycles. The highest BCUT2D eigenvalue weighted by molar-refractivity contribution is 7.99. The Hall–Kier alpha value is -1.50. The number of carbonyl (C=O) groups excluding carboxylic acids is 2. The van der Waals surface area contributed by atoms with Gasteiger partial charge in [0.05, 0.1) is 5.56 Å². The van der Waals surface area contributed by atoms with E-state index in [1.165, 1.54) is 16.2 Å². The summed E-state index contributed by atoms with van der Waals surface area (Å²) in [6.45, 7) is 0. The quantitative estimate of drug-likeness (QED) is 0.708. The van der Waals surface area contributed by atoms with Crippen molar-refractivity contribution >= 4 is 51.5 Å². The zero-order valence-corrected chi connectivity index (χ0v) is 16.0. The van der Waals surface area contributed by atoms with Crippen LogP contribution in [0.4, 0.5) is 5.00 Å². The number of carbonyl (C=O) groups is 2. The normalized spacial score (nSPS) is 13.3. The second-order valence-electron chi connectivity index (χ2n) is 5.88. The Balaban J connectivity index is 1.60. The number of amides is 2. The molecule has 3 rings (SSSR count). The lowest BCUT2D eigenvalue weighted by molar-refractivity contribution is -0.115. The molecule has 1 aliphatic carbocycles. The van der Waals surface area contributed by atoms with Crippen LogP contribution in [0.15, 0.2) is 29.2 Å². The highest BCUT2D eigenvalue weighted by Gasteiger charge is 2.24. The number of fused-ring (bicyclic) bond motifs is 1. The number of thiophene rings is 1. The molecule has 7 heteroatoms. The van der Waals surface area contributed by atoms with Gasteiger partial charge in [-0.1, -0.05) is 11.6 Å². The van der Waals surface area contributed by atoms with E-state index >= 15 is 0 Å². The van der Waals surface area contributed by atoms with Crippen molar-refractivity contribution < 1.29 is 9.59 Å². The van der Waals surface area contributed by atoms with Crippen LogP contribution in [0.1, 0.15) is 40.1 Å². The molecule has 2 amide bonds. The molecule has 0 radical (unpaired) electrons. The average molecular weight is 395 g/mol. The van der Waals surface area contributed by atoms with Gasteiger partial charge in [0.2, 0.25) is 5.91 Å². The minimum absolute atomic E-state index is 0.0949. The second-order valence-corrected chi connectivity index (χ2v) is 8.59. The zero-order chi connectivity index (χ0) is 17.8. The Labute approximate surface area is 160 Å². The SMILES string of the molecule is NC(=O)c1c(NC(=O)CCSc2ccc(Cl)cc2)sc2c1CCCC2. The summed E-state index contributed by atoms with van der Waals surface area (Å²) in [4.78, 5) is 26.3. The highest BCUT2D eigenvalue weighted by Crippen LogP contribution is 2.38. The van der Waals surface area contributed by atoms with Crippen LogP contribution in [0.5, 0.6) is 0 Å². The Morgan fingerprint density at radius 1 is 1.20 bits per heavy atom. The smallest absolute Gasteiger partial charge is 0.251 e. The standard InChI is InChI=1S/C18H19ClN2O2S2/c19-11-5-7-12(8-6-11)24-10-9-15(22)21-18-16(17(20)23)13-3-1-2-4-14(13)25-18/h5-8H,1-4,9-10H2,(H2,20,23)(H,21,22). The van der Waals surface area contributed by atoms with E-state index in [1.807, 2.05) is 24.3 Å². The number of halogens is 1. The number of nitrogens with two attached hydrogens (primary N) is 1. The summed E-state index contributed by atoms with van der Waals surface area (Å²) in [5.41, 5.74) is 7.10. The van der Waals surface area contributed by atoms with Gasteiger partial charge in [0, 0.05) is 27.0 Å². The highest BCUT2D eigenvalue weighted by atomic mass is 35.5. The molecule has 1 aromatic carbocycles. The third-order valence-electron chi connectivity index (χ3n) is 4.08. The Morgan fingerprint density at radius 2 is 1.92 bits per heavy atom. The van der Waals surface area contributed by atoms with Crippen molar-refractivity contribution in [3.05, 3.63) is 45.3 Å². The van der Waals surface area contributed by atoms with Crippen molar-refractivity contribution in [2.45, 2.75) is 37.0 Å². The molecule has 1 aromatic heterocycles. The molecule has 0 saturated carbocycles. The first kappa shape index (κ1) is 18.3. The predicted octanol–water partition coefficient (Wildman–Crippen LogP) is 4.50. The van der Waals surface area contributed by atoms with Crippen LogP contribution >= 0.6 is 34.7 Å².